The summed E-state index contributed by atoms with van der Waals surface area (Å²) in [6.45, 7) is 0. The maximum Gasteiger partial charge on any atom is 0.417 e. The first-order valence-corrected chi connectivity index (χ1v) is 6.20. The Morgan fingerprint density at radius 3 is 2.68 bits per heavy atom. The summed E-state index contributed by atoms with van der Waals surface area (Å²) in [6.07, 6.45) is 1.83. The van der Waals surface area contributed by atoms with E-state index in [0.29, 0.717) is 12.1 Å². The third-order valence-electron chi connectivity index (χ3n) is 3.68. The lowest BCUT2D eigenvalue weighted by Crippen LogP contribution is -2.22. The van der Waals surface area contributed by atoms with Crippen molar-refractivity contribution < 1.29 is 13.2 Å². The monoisotopic (exact) mass is 269 g/mol. The second kappa shape index (κ2) is 3.96. The molecule has 0 bridgehead atoms. The Labute approximate surface area is 108 Å². The van der Waals surface area contributed by atoms with Crippen molar-refractivity contribution in [1.82, 2.24) is 9.38 Å². The fraction of sp³-hybridized carbons (Fsp3) is 0.462. The number of pyridine rings is 1. The number of imidazole rings is 1. The minimum Gasteiger partial charge on any atom is -0.325 e. The average Bonchev–Trinajstić information content (AvgIpc) is 2.94. The average molecular weight is 269 g/mol. The van der Waals surface area contributed by atoms with Gasteiger partial charge in [-0.05, 0) is 37.8 Å². The molecule has 0 aromatic carbocycles. The Balaban J connectivity index is 1.91. The van der Waals surface area contributed by atoms with Gasteiger partial charge < -0.3 is 10.1 Å². The van der Waals surface area contributed by atoms with Gasteiger partial charge in [0.25, 0.3) is 0 Å². The van der Waals surface area contributed by atoms with Crippen molar-refractivity contribution in [3.63, 3.8) is 0 Å². The number of aryl methyl sites for hydroxylation is 1. The van der Waals surface area contributed by atoms with Crippen LogP contribution in [0.3, 0.4) is 0 Å². The predicted octanol–water partition coefficient (Wildman–Crippen LogP) is 2.78. The molecule has 0 radical (unpaired) electrons. The summed E-state index contributed by atoms with van der Waals surface area (Å²) in [5, 5.41) is 0. The smallest absolute Gasteiger partial charge is 0.325 e. The lowest BCUT2D eigenvalue weighted by atomic mass is 10.1. The molecule has 2 aromatic rings. The van der Waals surface area contributed by atoms with Gasteiger partial charge in [0, 0.05) is 23.6 Å². The molecule has 1 aliphatic rings. The Bertz CT molecular complexity index is 611. The Kier molecular flexibility index (Phi) is 2.60. The first kappa shape index (κ1) is 12.5. The van der Waals surface area contributed by atoms with Crippen molar-refractivity contribution in [3.05, 3.63) is 35.8 Å². The maximum absolute atomic E-state index is 12.7. The summed E-state index contributed by atoms with van der Waals surface area (Å²) >= 11 is 0. The highest BCUT2D eigenvalue weighted by Crippen LogP contribution is 2.36. The van der Waals surface area contributed by atoms with Gasteiger partial charge in [-0.3, -0.25) is 0 Å². The molecular weight excluding hydrogens is 255 g/mol. The first-order chi connectivity index (χ1) is 8.87. The number of aromatic nitrogens is 2. The van der Waals surface area contributed by atoms with Crippen molar-refractivity contribution in [2.24, 2.45) is 5.73 Å². The van der Waals surface area contributed by atoms with E-state index in [4.69, 9.17) is 5.73 Å². The maximum atomic E-state index is 12.7. The molecular formula is C13H14F3N3. The topological polar surface area (TPSA) is 43.3 Å². The molecule has 102 valence electrons. The second-order valence-corrected chi connectivity index (χ2v) is 5.26. The molecule has 1 saturated carbocycles. The SMILES string of the molecule is NC1(CCc2cnc3ccc(C(F)(F)F)cn23)CC1. The summed E-state index contributed by atoms with van der Waals surface area (Å²) in [7, 11) is 0. The van der Waals surface area contributed by atoms with Crippen LogP contribution >= 0.6 is 0 Å². The Morgan fingerprint density at radius 2 is 2.05 bits per heavy atom. The highest BCUT2D eigenvalue weighted by molar-refractivity contribution is 5.42. The van der Waals surface area contributed by atoms with Crippen LogP contribution in [0.25, 0.3) is 5.65 Å². The summed E-state index contributed by atoms with van der Waals surface area (Å²) in [5.41, 5.74) is 6.54. The van der Waals surface area contributed by atoms with Crippen molar-refractivity contribution >= 4 is 5.65 Å². The van der Waals surface area contributed by atoms with E-state index in [2.05, 4.69) is 4.98 Å². The molecule has 3 nitrogen and oxygen atoms in total. The molecule has 19 heavy (non-hydrogen) atoms. The molecule has 0 amide bonds. The number of nitrogens with two attached hydrogens (primary N) is 1. The Hall–Kier alpha value is -1.56. The zero-order chi connectivity index (χ0) is 13.7. The number of nitrogens with zero attached hydrogens (tertiary/aromatic N) is 2. The molecule has 2 heterocycles. The van der Waals surface area contributed by atoms with Crippen molar-refractivity contribution in [2.45, 2.75) is 37.4 Å². The van der Waals surface area contributed by atoms with Crippen molar-refractivity contribution in [3.8, 4) is 0 Å². The molecule has 1 fully saturated rings. The molecule has 6 heteroatoms. The van der Waals surface area contributed by atoms with Crippen LogP contribution in [0.5, 0.6) is 0 Å². The van der Waals surface area contributed by atoms with Gasteiger partial charge in [-0.2, -0.15) is 13.2 Å². The molecule has 0 aliphatic heterocycles. The van der Waals surface area contributed by atoms with E-state index in [1.165, 1.54) is 10.5 Å². The molecule has 2 N–H and O–H groups in total. The lowest BCUT2D eigenvalue weighted by molar-refractivity contribution is -0.137. The van der Waals surface area contributed by atoms with Crippen LogP contribution in [0, 0.1) is 0 Å². The highest BCUT2D eigenvalue weighted by atomic mass is 19.4. The zero-order valence-corrected chi connectivity index (χ0v) is 10.2. The van der Waals surface area contributed by atoms with Crippen LogP contribution < -0.4 is 5.73 Å². The van der Waals surface area contributed by atoms with Crippen LogP contribution in [-0.4, -0.2) is 14.9 Å². The summed E-state index contributed by atoms with van der Waals surface area (Å²) < 4.78 is 39.6. The molecule has 1 aliphatic carbocycles. The number of hydrogen-bond acceptors (Lipinski definition) is 2. The standard InChI is InChI=1S/C13H14F3N3/c14-13(15,16)9-1-2-11-18-7-10(19(11)8-9)3-4-12(17)5-6-12/h1-2,7-8H,3-6,17H2. The Morgan fingerprint density at radius 1 is 1.32 bits per heavy atom. The zero-order valence-electron chi connectivity index (χ0n) is 10.2. The largest absolute Gasteiger partial charge is 0.417 e. The summed E-state index contributed by atoms with van der Waals surface area (Å²) in [4.78, 5) is 4.12. The summed E-state index contributed by atoms with van der Waals surface area (Å²) in [5.74, 6) is 0. The minimum atomic E-state index is -4.33. The van der Waals surface area contributed by atoms with Crippen LogP contribution in [0.2, 0.25) is 0 Å². The second-order valence-electron chi connectivity index (χ2n) is 5.26. The van der Waals surface area contributed by atoms with Gasteiger partial charge in [0.15, 0.2) is 0 Å². The van der Waals surface area contributed by atoms with E-state index in [1.54, 1.807) is 6.20 Å². The van der Waals surface area contributed by atoms with Gasteiger partial charge >= 0.3 is 6.18 Å². The van der Waals surface area contributed by atoms with E-state index < -0.39 is 11.7 Å². The molecule has 0 saturated heterocycles. The first-order valence-electron chi connectivity index (χ1n) is 6.20. The van der Waals surface area contributed by atoms with E-state index >= 15 is 0 Å². The van der Waals surface area contributed by atoms with E-state index in [0.717, 1.165) is 37.2 Å². The molecule has 0 spiro atoms. The van der Waals surface area contributed by atoms with Crippen molar-refractivity contribution in [2.75, 3.05) is 0 Å². The van der Waals surface area contributed by atoms with Gasteiger partial charge in [0.05, 0.1) is 5.56 Å². The fourth-order valence-corrected chi connectivity index (χ4v) is 2.17. The van der Waals surface area contributed by atoms with Crippen molar-refractivity contribution in [1.29, 1.82) is 0 Å². The molecule has 2 aromatic heterocycles. The van der Waals surface area contributed by atoms with Gasteiger partial charge in [0.2, 0.25) is 0 Å². The number of alkyl halides is 3. The molecule has 0 unspecified atom stereocenters. The van der Waals surface area contributed by atoms with Crippen LogP contribution in [0.1, 0.15) is 30.5 Å². The van der Waals surface area contributed by atoms with Crippen LogP contribution in [-0.2, 0) is 12.6 Å². The minimum absolute atomic E-state index is 0.105. The molecule has 3 rings (SSSR count). The highest BCUT2D eigenvalue weighted by Gasteiger charge is 2.37. The number of rotatable bonds is 3. The van der Waals surface area contributed by atoms with E-state index in [1.807, 2.05) is 0 Å². The van der Waals surface area contributed by atoms with Gasteiger partial charge in [-0.15, -0.1) is 0 Å². The lowest BCUT2D eigenvalue weighted by Gasteiger charge is -2.10. The number of hydrogen-bond donors (Lipinski definition) is 1. The van der Waals surface area contributed by atoms with Gasteiger partial charge in [-0.25, -0.2) is 4.98 Å². The number of halogens is 3. The fourth-order valence-electron chi connectivity index (χ4n) is 2.17. The van der Waals surface area contributed by atoms with E-state index in [-0.39, 0.29) is 5.54 Å². The van der Waals surface area contributed by atoms with Crippen LogP contribution in [0.4, 0.5) is 13.2 Å². The quantitative estimate of drug-likeness (QED) is 0.931. The van der Waals surface area contributed by atoms with Gasteiger partial charge in [-0.1, -0.05) is 0 Å². The normalized spacial score (nSPS) is 17.9. The predicted molar refractivity (Wildman–Crippen MR) is 64.7 cm³/mol. The van der Waals surface area contributed by atoms with E-state index in [9.17, 15) is 13.2 Å². The number of fused-ring (bicyclic) bond motifs is 1. The van der Waals surface area contributed by atoms with Gasteiger partial charge in [0.1, 0.15) is 5.65 Å². The third kappa shape index (κ3) is 2.45. The third-order valence-corrected chi connectivity index (χ3v) is 3.68. The molecule has 0 atom stereocenters. The van der Waals surface area contributed by atoms with Crippen LogP contribution in [0.15, 0.2) is 24.5 Å². The summed E-state index contributed by atoms with van der Waals surface area (Å²) in [6, 6.07) is 2.44.